The molecule has 3 aromatic rings. The van der Waals surface area contributed by atoms with E-state index in [1.807, 2.05) is 6.07 Å². The molecule has 0 saturated heterocycles. The third-order valence-electron chi connectivity index (χ3n) is 4.08. The number of anilines is 1. The lowest BCUT2D eigenvalue weighted by molar-refractivity contribution is 0.482. The van der Waals surface area contributed by atoms with Gasteiger partial charge in [-0.25, -0.2) is 8.42 Å². The minimum absolute atomic E-state index is 0.0106. The van der Waals surface area contributed by atoms with Crippen molar-refractivity contribution in [2.75, 3.05) is 10.1 Å². The maximum Gasteiger partial charge on any atom is 0.235 e. The normalized spacial score (nSPS) is 10.9. The summed E-state index contributed by atoms with van der Waals surface area (Å²) in [6, 6.07) is 21.1. The molecule has 0 spiro atoms. The number of nitrogens with zero attached hydrogens (tertiary/aromatic N) is 3. The van der Waals surface area contributed by atoms with Crippen molar-refractivity contribution in [3.8, 4) is 17.6 Å². The molecule has 28 heavy (non-hydrogen) atoms. The summed E-state index contributed by atoms with van der Waals surface area (Å²) >= 11 is 0. The molecule has 1 aromatic heterocycles. The predicted octanol–water partition coefficient (Wildman–Crippen LogP) is 4.10. The summed E-state index contributed by atoms with van der Waals surface area (Å²) in [5.74, 6) is 1.15. The van der Waals surface area contributed by atoms with Crippen molar-refractivity contribution in [2.45, 2.75) is 13.5 Å². The maximum absolute atomic E-state index is 12.6. The summed E-state index contributed by atoms with van der Waals surface area (Å²) in [4.78, 5) is 4.23. The molecule has 0 aliphatic carbocycles. The van der Waals surface area contributed by atoms with Crippen molar-refractivity contribution >= 4 is 15.7 Å². The van der Waals surface area contributed by atoms with E-state index >= 15 is 0 Å². The number of pyridine rings is 1. The molecule has 0 unspecified atom stereocenters. The first kappa shape index (κ1) is 19.4. The molecule has 7 heteroatoms. The fourth-order valence-electron chi connectivity index (χ4n) is 2.56. The Morgan fingerprint density at radius 2 is 1.64 bits per heavy atom. The minimum Gasteiger partial charge on any atom is -0.457 e. The van der Waals surface area contributed by atoms with Crippen LogP contribution in [0.1, 0.15) is 18.2 Å². The molecule has 0 bridgehead atoms. The number of aromatic nitrogens is 1. The smallest absolute Gasteiger partial charge is 0.235 e. The summed E-state index contributed by atoms with van der Waals surface area (Å²) in [6.07, 6.45) is 1.64. The van der Waals surface area contributed by atoms with Crippen LogP contribution in [0.3, 0.4) is 0 Å². The van der Waals surface area contributed by atoms with Gasteiger partial charge in [-0.2, -0.15) is 5.26 Å². The summed E-state index contributed by atoms with van der Waals surface area (Å²) in [5.41, 5.74) is 1.76. The Labute approximate surface area is 164 Å². The molecule has 0 amide bonds. The first-order valence-electron chi connectivity index (χ1n) is 8.70. The Hall–Kier alpha value is -3.37. The SMILES string of the molecule is CCS(=O)(=O)N(Cc1ccccn1)c1ccc(Oc2ccc(C#N)cc2)cc1. The summed E-state index contributed by atoms with van der Waals surface area (Å²) in [6.45, 7) is 1.77. The molecule has 0 saturated carbocycles. The van der Waals surface area contributed by atoms with E-state index in [0.29, 0.717) is 28.4 Å². The van der Waals surface area contributed by atoms with E-state index < -0.39 is 10.0 Å². The van der Waals surface area contributed by atoms with E-state index in [-0.39, 0.29) is 12.3 Å². The average Bonchev–Trinajstić information content (AvgIpc) is 2.74. The molecule has 6 nitrogen and oxygen atoms in total. The standard InChI is InChI=1S/C21H19N3O3S/c1-2-28(25,26)24(16-18-5-3-4-14-23-18)19-8-12-21(13-9-19)27-20-10-6-17(15-22)7-11-20/h3-14H,2,16H2,1H3. The van der Waals surface area contributed by atoms with Crippen molar-refractivity contribution in [1.29, 1.82) is 5.26 Å². The van der Waals surface area contributed by atoms with Gasteiger partial charge in [0.1, 0.15) is 11.5 Å². The van der Waals surface area contributed by atoms with Crippen molar-refractivity contribution in [2.24, 2.45) is 0 Å². The van der Waals surface area contributed by atoms with E-state index in [9.17, 15) is 8.42 Å². The van der Waals surface area contributed by atoms with Crippen LogP contribution in [0.2, 0.25) is 0 Å². The Kier molecular flexibility index (Phi) is 5.92. The third-order valence-corrected chi connectivity index (χ3v) is 5.82. The van der Waals surface area contributed by atoms with Gasteiger partial charge in [0.15, 0.2) is 0 Å². The zero-order chi connectivity index (χ0) is 20.0. The van der Waals surface area contributed by atoms with E-state index in [4.69, 9.17) is 10.00 Å². The number of hydrogen-bond acceptors (Lipinski definition) is 5. The molecule has 0 fully saturated rings. The Balaban J connectivity index is 1.82. The van der Waals surface area contributed by atoms with E-state index in [1.54, 1.807) is 73.8 Å². The minimum atomic E-state index is -3.47. The van der Waals surface area contributed by atoms with Crippen LogP contribution in [0.25, 0.3) is 0 Å². The zero-order valence-electron chi connectivity index (χ0n) is 15.3. The number of rotatable bonds is 7. The van der Waals surface area contributed by atoms with E-state index in [1.165, 1.54) is 4.31 Å². The zero-order valence-corrected chi connectivity index (χ0v) is 16.1. The second kappa shape index (κ2) is 8.55. The fourth-order valence-corrected chi connectivity index (χ4v) is 3.64. The van der Waals surface area contributed by atoms with Crippen LogP contribution in [0.5, 0.6) is 11.5 Å². The van der Waals surface area contributed by atoms with Gasteiger partial charge in [0.2, 0.25) is 10.0 Å². The highest BCUT2D eigenvalue weighted by atomic mass is 32.2. The van der Waals surface area contributed by atoms with Crippen LogP contribution in [0, 0.1) is 11.3 Å². The Morgan fingerprint density at radius 1 is 1.00 bits per heavy atom. The van der Waals surface area contributed by atoms with Gasteiger partial charge in [-0.3, -0.25) is 9.29 Å². The summed E-state index contributed by atoms with van der Waals surface area (Å²) in [5, 5.41) is 8.84. The fraction of sp³-hybridized carbons (Fsp3) is 0.143. The third kappa shape index (κ3) is 4.67. The molecule has 0 N–H and O–H groups in total. The number of ether oxygens (including phenoxy) is 1. The van der Waals surface area contributed by atoms with Crippen molar-refractivity contribution in [3.63, 3.8) is 0 Å². The number of nitriles is 1. The van der Waals surface area contributed by atoms with Crippen LogP contribution in [0.4, 0.5) is 5.69 Å². The van der Waals surface area contributed by atoms with Gasteiger partial charge in [-0.15, -0.1) is 0 Å². The lowest BCUT2D eigenvalue weighted by Gasteiger charge is -2.23. The highest BCUT2D eigenvalue weighted by molar-refractivity contribution is 7.92. The topological polar surface area (TPSA) is 83.3 Å². The first-order chi connectivity index (χ1) is 13.5. The first-order valence-corrected chi connectivity index (χ1v) is 10.3. The van der Waals surface area contributed by atoms with Gasteiger partial charge in [0.25, 0.3) is 0 Å². The van der Waals surface area contributed by atoms with Crippen LogP contribution in [-0.2, 0) is 16.6 Å². The van der Waals surface area contributed by atoms with E-state index in [2.05, 4.69) is 11.1 Å². The van der Waals surface area contributed by atoms with Crippen molar-refractivity contribution in [3.05, 3.63) is 84.2 Å². The second-order valence-electron chi connectivity index (χ2n) is 5.96. The number of sulfonamides is 1. The quantitative estimate of drug-likeness (QED) is 0.603. The summed E-state index contributed by atoms with van der Waals surface area (Å²) < 4.78 is 32.3. The number of benzene rings is 2. The number of hydrogen-bond donors (Lipinski definition) is 0. The Morgan fingerprint density at radius 3 is 2.18 bits per heavy atom. The van der Waals surface area contributed by atoms with Crippen LogP contribution in [0.15, 0.2) is 72.9 Å². The summed E-state index contributed by atoms with van der Waals surface area (Å²) in [7, 11) is -3.47. The molecule has 142 valence electrons. The molecule has 3 rings (SSSR count). The second-order valence-corrected chi connectivity index (χ2v) is 8.14. The molecular formula is C21H19N3O3S. The Bertz CT molecular complexity index is 1060. The largest absolute Gasteiger partial charge is 0.457 e. The molecule has 1 heterocycles. The van der Waals surface area contributed by atoms with Crippen LogP contribution >= 0.6 is 0 Å². The maximum atomic E-state index is 12.6. The predicted molar refractivity (Wildman–Crippen MR) is 108 cm³/mol. The van der Waals surface area contributed by atoms with E-state index in [0.717, 1.165) is 0 Å². The van der Waals surface area contributed by atoms with Crippen LogP contribution in [-0.4, -0.2) is 19.2 Å². The highest BCUT2D eigenvalue weighted by Crippen LogP contribution is 2.27. The van der Waals surface area contributed by atoms with Crippen molar-refractivity contribution in [1.82, 2.24) is 4.98 Å². The van der Waals surface area contributed by atoms with Gasteiger partial charge in [-0.05, 0) is 67.6 Å². The van der Waals surface area contributed by atoms with Gasteiger partial charge in [0.05, 0.1) is 35.3 Å². The molecule has 0 radical (unpaired) electrons. The molecule has 0 aliphatic rings. The lowest BCUT2D eigenvalue weighted by atomic mass is 10.2. The molecule has 0 atom stereocenters. The molecule has 2 aromatic carbocycles. The van der Waals surface area contributed by atoms with Gasteiger partial charge in [0, 0.05) is 6.20 Å². The van der Waals surface area contributed by atoms with Crippen LogP contribution < -0.4 is 9.04 Å². The monoisotopic (exact) mass is 393 g/mol. The van der Waals surface area contributed by atoms with Gasteiger partial charge in [-0.1, -0.05) is 6.07 Å². The molecular weight excluding hydrogens is 374 g/mol. The molecule has 0 aliphatic heterocycles. The van der Waals surface area contributed by atoms with Crippen molar-refractivity contribution < 1.29 is 13.2 Å². The highest BCUT2D eigenvalue weighted by Gasteiger charge is 2.21. The lowest BCUT2D eigenvalue weighted by Crippen LogP contribution is -2.32. The average molecular weight is 393 g/mol. The van der Waals surface area contributed by atoms with Gasteiger partial charge >= 0.3 is 0 Å². The van der Waals surface area contributed by atoms with Gasteiger partial charge < -0.3 is 4.74 Å².